The van der Waals surface area contributed by atoms with Crippen molar-refractivity contribution in [2.75, 3.05) is 7.05 Å². The molecular formula is C19H26N2. The van der Waals surface area contributed by atoms with Gasteiger partial charge in [0.05, 0.1) is 5.52 Å². The molecule has 1 heterocycles. The molecule has 0 amide bonds. The molecule has 1 aromatic heterocycles. The van der Waals surface area contributed by atoms with Crippen LogP contribution in [0.3, 0.4) is 0 Å². The van der Waals surface area contributed by atoms with Crippen LogP contribution >= 0.6 is 0 Å². The van der Waals surface area contributed by atoms with Crippen LogP contribution in [0.1, 0.15) is 49.4 Å². The minimum atomic E-state index is 0.403. The van der Waals surface area contributed by atoms with Gasteiger partial charge in [0.25, 0.3) is 0 Å². The van der Waals surface area contributed by atoms with Crippen LogP contribution in [-0.2, 0) is 0 Å². The number of benzene rings is 1. The van der Waals surface area contributed by atoms with Crippen molar-refractivity contribution >= 4 is 10.9 Å². The summed E-state index contributed by atoms with van der Waals surface area (Å²) in [6.45, 7) is 5.86. The van der Waals surface area contributed by atoms with Gasteiger partial charge in [0.15, 0.2) is 0 Å². The number of nitrogens with one attached hydrogen (secondary N) is 1. The number of pyridine rings is 1. The predicted molar refractivity (Wildman–Crippen MR) is 91.6 cm³/mol. The fraction of sp³-hybridized carbons (Fsp3) is 0.421. The lowest BCUT2D eigenvalue weighted by atomic mass is 9.96. The average molecular weight is 282 g/mol. The lowest BCUT2D eigenvalue weighted by molar-refractivity contribution is 0.510. The largest absolute Gasteiger partial charge is 0.313 e. The van der Waals surface area contributed by atoms with Crippen LogP contribution in [0.2, 0.25) is 0 Å². The van der Waals surface area contributed by atoms with Gasteiger partial charge in [-0.1, -0.05) is 37.1 Å². The minimum Gasteiger partial charge on any atom is -0.313 e. The number of hydrogen-bond donors (Lipinski definition) is 1. The second-order valence-electron chi connectivity index (χ2n) is 5.64. The molecule has 2 nitrogen and oxygen atoms in total. The third kappa shape index (κ3) is 4.15. The molecule has 0 aliphatic rings. The van der Waals surface area contributed by atoms with E-state index in [2.05, 4.69) is 61.2 Å². The molecule has 21 heavy (non-hydrogen) atoms. The van der Waals surface area contributed by atoms with Crippen LogP contribution in [0, 0.1) is 6.92 Å². The number of rotatable bonds is 8. The number of fused-ring (bicyclic) bond motifs is 1. The van der Waals surface area contributed by atoms with E-state index < -0.39 is 0 Å². The highest BCUT2D eigenvalue weighted by Crippen LogP contribution is 2.27. The van der Waals surface area contributed by atoms with E-state index in [-0.39, 0.29) is 0 Å². The molecule has 0 aliphatic heterocycles. The van der Waals surface area contributed by atoms with Gasteiger partial charge in [-0.05, 0) is 50.9 Å². The number of aryl methyl sites for hydroxylation is 1. The highest BCUT2D eigenvalue weighted by molar-refractivity contribution is 5.82. The summed E-state index contributed by atoms with van der Waals surface area (Å²) >= 11 is 0. The molecule has 0 bridgehead atoms. The lowest BCUT2D eigenvalue weighted by Crippen LogP contribution is -2.17. The van der Waals surface area contributed by atoms with Gasteiger partial charge in [0, 0.05) is 17.1 Å². The molecule has 0 saturated heterocycles. The highest BCUT2D eigenvalue weighted by Gasteiger charge is 2.13. The van der Waals surface area contributed by atoms with Gasteiger partial charge in [-0.15, -0.1) is 6.58 Å². The average Bonchev–Trinajstić information content (AvgIpc) is 2.50. The second-order valence-corrected chi connectivity index (χ2v) is 5.64. The maximum Gasteiger partial charge on any atom is 0.0708 e. The van der Waals surface area contributed by atoms with Crippen LogP contribution in [-0.4, -0.2) is 12.0 Å². The van der Waals surface area contributed by atoms with Crippen LogP contribution in [0.4, 0.5) is 0 Å². The fourth-order valence-electron chi connectivity index (χ4n) is 2.90. The standard InChI is InChI=1S/C19H26N2/c1-4-5-6-7-8-12-18(20-3)17-14-15(2)21-19-13-10-9-11-16(17)19/h4,9-11,13-14,18,20H,1,5-8,12H2,2-3H3. The van der Waals surface area contributed by atoms with Crippen molar-refractivity contribution in [3.8, 4) is 0 Å². The SMILES string of the molecule is C=CCCCCCC(NC)c1cc(C)nc2ccccc12. The van der Waals surface area contributed by atoms with E-state index in [1.165, 1.54) is 36.6 Å². The number of aromatic nitrogens is 1. The first-order chi connectivity index (χ1) is 10.3. The maximum atomic E-state index is 4.63. The molecule has 1 atom stereocenters. The van der Waals surface area contributed by atoms with E-state index in [1.54, 1.807) is 0 Å². The van der Waals surface area contributed by atoms with Crippen LogP contribution < -0.4 is 5.32 Å². The molecule has 1 unspecified atom stereocenters. The summed E-state index contributed by atoms with van der Waals surface area (Å²) in [6, 6.07) is 11.1. The molecule has 2 aromatic rings. The number of hydrogen-bond acceptors (Lipinski definition) is 2. The molecule has 0 radical (unpaired) electrons. The van der Waals surface area contributed by atoms with E-state index in [1.807, 2.05) is 6.08 Å². The maximum absolute atomic E-state index is 4.63. The van der Waals surface area contributed by atoms with Gasteiger partial charge >= 0.3 is 0 Å². The van der Waals surface area contributed by atoms with Gasteiger partial charge in [-0.25, -0.2) is 0 Å². The zero-order valence-corrected chi connectivity index (χ0v) is 13.2. The Bertz CT molecular complexity index is 589. The normalized spacial score (nSPS) is 12.5. The van der Waals surface area contributed by atoms with Crippen molar-refractivity contribution in [3.05, 3.63) is 54.2 Å². The number of allylic oxidation sites excluding steroid dienone is 1. The summed E-state index contributed by atoms with van der Waals surface area (Å²) < 4.78 is 0. The number of nitrogens with zero attached hydrogens (tertiary/aromatic N) is 1. The molecule has 0 aliphatic carbocycles. The van der Waals surface area contributed by atoms with Gasteiger partial charge in [0.1, 0.15) is 0 Å². The van der Waals surface area contributed by atoms with Gasteiger partial charge in [-0.3, -0.25) is 4.98 Å². The van der Waals surface area contributed by atoms with E-state index in [4.69, 9.17) is 0 Å². The molecule has 0 saturated carbocycles. The van der Waals surface area contributed by atoms with Crippen molar-refractivity contribution < 1.29 is 0 Å². The van der Waals surface area contributed by atoms with Crippen LogP contribution in [0.25, 0.3) is 10.9 Å². The van der Waals surface area contributed by atoms with Gasteiger partial charge in [0.2, 0.25) is 0 Å². The van der Waals surface area contributed by atoms with Gasteiger partial charge < -0.3 is 5.32 Å². The Kier molecular flexibility index (Phi) is 5.94. The first-order valence-corrected chi connectivity index (χ1v) is 7.90. The van der Waals surface area contributed by atoms with Crippen molar-refractivity contribution in [2.45, 2.75) is 45.1 Å². The Morgan fingerprint density at radius 3 is 2.81 bits per heavy atom. The van der Waals surface area contributed by atoms with Crippen molar-refractivity contribution in [3.63, 3.8) is 0 Å². The second kappa shape index (κ2) is 7.94. The summed E-state index contributed by atoms with van der Waals surface area (Å²) in [6.07, 6.45) is 8.06. The molecule has 1 N–H and O–H groups in total. The van der Waals surface area contributed by atoms with Gasteiger partial charge in [-0.2, -0.15) is 0 Å². The first kappa shape index (κ1) is 15.7. The van der Waals surface area contributed by atoms with E-state index >= 15 is 0 Å². The Morgan fingerprint density at radius 1 is 1.24 bits per heavy atom. The molecule has 2 rings (SSSR count). The Balaban J connectivity index is 2.15. The Labute approximate surface area is 128 Å². The zero-order chi connectivity index (χ0) is 15.1. The van der Waals surface area contributed by atoms with E-state index in [0.717, 1.165) is 17.6 Å². The number of para-hydroxylation sites is 1. The topological polar surface area (TPSA) is 24.9 Å². The quantitative estimate of drug-likeness (QED) is 0.548. The van der Waals surface area contributed by atoms with Crippen LogP contribution in [0.5, 0.6) is 0 Å². The number of unbranched alkanes of at least 4 members (excludes halogenated alkanes) is 3. The zero-order valence-electron chi connectivity index (χ0n) is 13.2. The third-order valence-corrected chi connectivity index (χ3v) is 4.00. The minimum absolute atomic E-state index is 0.403. The molecule has 112 valence electrons. The summed E-state index contributed by atoms with van der Waals surface area (Å²) in [5.74, 6) is 0. The molecule has 2 heteroatoms. The highest BCUT2D eigenvalue weighted by atomic mass is 14.9. The first-order valence-electron chi connectivity index (χ1n) is 7.90. The predicted octanol–water partition coefficient (Wildman–Crippen LogP) is 4.94. The van der Waals surface area contributed by atoms with E-state index in [0.29, 0.717) is 6.04 Å². The summed E-state index contributed by atoms with van der Waals surface area (Å²) in [5, 5.41) is 4.75. The summed E-state index contributed by atoms with van der Waals surface area (Å²) in [4.78, 5) is 4.63. The molecule has 0 fully saturated rings. The lowest BCUT2D eigenvalue weighted by Gasteiger charge is -2.19. The van der Waals surface area contributed by atoms with Crippen molar-refractivity contribution in [1.82, 2.24) is 10.3 Å². The van der Waals surface area contributed by atoms with Crippen molar-refractivity contribution in [1.29, 1.82) is 0 Å². The monoisotopic (exact) mass is 282 g/mol. The smallest absolute Gasteiger partial charge is 0.0708 e. The summed E-state index contributed by atoms with van der Waals surface area (Å²) in [7, 11) is 2.05. The fourth-order valence-corrected chi connectivity index (χ4v) is 2.90. The third-order valence-electron chi connectivity index (χ3n) is 4.00. The molecule has 1 aromatic carbocycles. The van der Waals surface area contributed by atoms with Crippen molar-refractivity contribution in [2.24, 2.45) is 0 Å². The Morgan fingerprint density at radius 2 is 2.05 bits per heavy atom. The summed E-state index contributed by atoms with van der Waals surface area (Å²) in [5.41, 5.74) is 3.57. The molecular weight excluding hydrogens is 256 g/mol. The van der Waals surface area contributed by atoms with E-state index in [9.17, 15) is 0 Å². The Hall–Kier alpha value is -1.67. The molecule has 0 spiro atoms. The van der Waals surface area contributed by atoms with Crippen LogP contribution in [0.15, 0.2) is 43.0 Å².